The first kappa shape index (κ1) is 19.3. The van der Waals surface area contributed by atoms with Crippen LogP contribution in [0.4, 0.5) is 0 Å². The molecule has 2 heterocycles. The molecule has 0 radical (unpaired) electrons. The third kappa shape index (κ3) is 5.05. The van der Waals surface area contributed by atoms with Crippen LogP contribution in [0.5, 0.6) is 0 Å². The fourth-order valence-electron chi connectivity index (χ4n) is 2.89. The Labute approximate surface area is 167 Å². The van der Waals surface area contributed by atoms with Crippen molar-refractivity contribution >= 4 is 41.2 Å². The molecule has 1 fully saturated rings. The Morgan fingerprint density at radius 1 is 1.22 bits per heavy atom. The average molecular weight is 405 g/mol. The molecule has 1 aliphatic rings. The second-order valence-corrected chi connectivity index (χ2v) is 7.05. The number of piperidine rings is 1. The normalized spacial score (nSPS) is 15.1. The number of amides is 2. The van der Waals surface area contributed by atoms with Gasteiger partial charge in [0.15, 0.2) is 0 Å². The molecule has 0 aliphatic carbocycles. The second-order valence-electron chi connectivity index (χ2n) is 6.21. The smallest absolute Gasteiger partial charge is 0.255 e. The van der Waals surface area contributed by atoms with E-state index in [0.29, 0.717) is 41.5 Å². The van der Waals surface area contributed by atoms with Crippen molar-refractivity contribution in [1.29, 1.82) is 0 Å². The Bertz CT molecular complexity index is 850. The van der Waals surface area contributed by atoms with Crippen molar-refractivity contribution in [3.63, 3.8) is 0 Å². The van der Waals surface area contributed by atoms with E-state index in [1.807, 2.05) is 6.07 Å². The first-order valence-electron chi connectivity index (χ1n) is 8.52. The van der Waals surface area contributed by atoms with Gasteiger partial charge < -0.3 is 4.90 Å². The molecule has 0 saturated carbocycles. The number of hydrogen-bond donors (Lipinski definition) is 1. The van der Waals surface area contributed by atoms with Gasteiger partial charge in [0.1, 0.15) is 0 Å². The van der Waals surface area contributed by atoms with Gasteiger partial charge in [-0.3, -0.25) is 14.6 Å². The quantitative estimate of drug-likeness (QED) is 0.626. The van der Waals surface area contributed by atoms with Crippen LogP contribution >= 0.6 is 23.2 Å². The first-order chi connectivity index (χ1) is 13.0. The Kier molecular flexibility index (Phi) is 6.42. The van der Waals surface area contributed by atoms with Crippen LogP contribution in [-0.4, -0.2) is 41.0 Å². The van der Waals surface area contributed by atoms with E-state index in [1.54, 1.807) is 47.8 Å². The summed E-state index contributed by atoms with van der Waals surface area (Å²) in [4.78, 5) is 30.5. The number of hydrazone groups is 1. The molecule has 1 saturated heterocycles. The molecule has 0 bridgehead atoms. The number of halogens is 2. The lowest BCUT2D eigenvalue weighted by Gasteiger charge is -2.31. The van der Waals surface area contributed by atoms with Gasteiger partial charge in [0, 0.05) is 42.0 Å². The molecule has 1 aromatic heterocycles. The molecule has 0 unspecified atom stereocenters. The van der Waals surface area contributed by atoms with Crippen LogP contribution in [0.3, 0.4) is 0 Å². The summed E-state index contributed by atoms with van der Waals surface area (Å²) in [6.07, 6.45) is 6.02. The summed E-state index contributed by atoms with van der Waals surface area (Å²) in [5.41, 5.74) is 3.78. The van der Waals surface area contributed by atoms with Crippen molar-refractivity contribution in [2.75, 3.05) is 13.1 Å². The minimum absolute atomic E-state index is 0.147. The van der Waals surface area contributed by atoms with Gasteiger partial charge >= 0.3 is 0 Å². The minimum Gasteiger partial charge on any atom is -0.339 e. The predicted molar refractivity (Wildman–Crippen MR) is 105 cm³/mol. The molecule has 1 N–H and O–H groups in total. The number of carbonyl (C=O) groups excluding carboxylic acids is 2. The zero-order chi connectivity index (χ0) is 19.2. The van der Waals surface area contributed by atoms with Crippen LogP contribution < -0.4 is 5.43 Å². The third-order valence-electron chi connectivity index (χ3n) is 4.39. The lowest BCUT2D eigenvalue weighted by Crippen LogP contribution is -2.42. The maximum Gasteiger partial charge on any atom is 0.255 e. The van der Waals surface area contributed by atoms with E-state index in [-0.39, 0.29) is 17.7 Å². The highest BCUT2D eigenvalue weighted by Crippen LogP contribution is 2.25. The largest absolute Gasteiger partial charge is 0.339 e. The summed E-state index contributed by atoms with van der Waals surface area (Å²) < 4.78 is 0. The van der Waals surface area contributed by atoms with Gasteiger partial charge in [0.05, 0.1) is 16.8 Å². The number of nitrogens with one attached hydrogen (secondary N) is 1. The number of pyridine rings is 1. The number of aromatic nitrogens is 1. The molecule has 8 heteroatoms. The molecule has 0 spiro atoms. The molecular weight excluding hydrogens is 387 g/mol. The molecule has 6 nitrogen and oxygen atoms in total. The highest BCUT2D eigenvalue weighted by molar-refractivity contribution is 6.36. The number of likely N-dealkylation sites (tertiary alicyclic amines) is 1. The van der Waals surface area contributed by atoms with Gasteiger partial charge in [0.25, 0.3) is 5.91 Å². The Morgan fingerprint density at radius 3 is 2.67 bits per heavy atom. The summed E-state index contributed by atoms with van der Waals surface area (Å²) >= 11 is 12.0. The van der Waals surface area contributed by atoms with Crippen LogP contribution in [0.25, 0.3) is 0 Å². The number of hydrogen-bond acceptors (Lipinski definition) is 4. The molecule has 0 atom stereocenters. The summed E-state index contributed by atoms with van der Waals surface area (Å²) in [6, 6.07) is 8.45. The van der Waals surface area contributed by atoms with E-state index >= 15 is 0 Å². The van der Waals surface area contributed by atoms with Crippen LogP contribution in [0.1, 0.15) is 28.8 Å². The number of nitrogens with zero attached hydrogens (tertiary/aromatic N) is 3. The average Bonchev–Trinajstić information content (AvgIpc) is 2.68. The standard InChI is InChI=1S/C19H18Cl2N4O2/c20-15-3-4-16(17(21)10-15)19(27)25-8-5-14(6-9-25)18(26)24-23-12-13-2-1-7-22-11-13/h1-4,7,10-12,14H,5-6,8-9H2,(H,24,26)/b23-12-. The summed E-state index contributed by atoms with van der Waals surface area (Å²) in [6.45, 7) is 0.977. The number of benzene rings is 1. The van der Waals surface area contributed by atoms with Crippen LogP contribution in [0, 0.1) is 5.92 Å². The summed E-state index contributed by atoms with van der Waals surface area (Å²) in [7, 11) is 0. The summed E-state index contributed by atoms with van der Waals surface area (Å²) in [5.74, 6) is -0.474. The third-order valence-corrected chi connectivity index (χ3v) is 4.94. The highest BCUT2D eigenvalue weighted by atomic mass is 35.5. The molecule has 27 heavy (non-hydrogen) atoms. The van der Waals surface area contributed by atoms with Crippen molar-refractivity contribution in [1.82, 2.24) is 15.3 Å². The Morgan fingerprint density at radius 2 is 2.00 bits per heavy atom. The maximum atomic E-state index is 12.6. The molecule has 3 rings (SSSR count). The van der Waals surface area contributed by atoms with E-state index in [9.17, 15) is 9.59 Å². The van der Waals surface area contributed by atoms with Crippen molar-refractivity contribution in [2.24, 2.45) is 11.0 Å². The number of rotatable bonds is 4. The van der Waals surface area contributed by atoms with Gasteiger partial charge in [-0.1, -0.05) is 29.3 Å². The van der Waals surface area contributed by atoms with Crippen LogP contribution in [0.2, 0.25) is 10.0 Å². The van der Waals surface area contributed by atoms with Gasteiger partial charge in [-0.2, -0.15) is 5.10 Å². The minimum atomic E-state index is -0.180. The zero-order valence-electron chi connectivity index (χ0n) is 14.4. The van der Waals surface area contributed by atoms with E-state index in [2.05, 4.69) is 15.5 Å². The lowest BCUT2D eigenvalue weighted by molar-refractivity contribution is -0.126. The number of carbonyl (C=O) groups is 2. The molecule has 1 aliphatic heterocycles. The fourth-order valence-corrected chi connectivity index (χ4v) is 3.38. The molecular formula is C19H18Cl2N4O2. The highest BCUT2D eigenvalue weighted by Gasteiger charge is 2.28. The molecule has 140 valence electrons. The lowest BCUT2D eigenvalue weighted by atomic mass is 9.95. The van der Waals surface area contributed by atoms with E-state index in [1.165, 1.54) is 0 Å². The van der Waals surface area contributed by atoms with Crippen molar-refractivity contribution in [3.8, 4) is 0 Å². The zero-order valence-corrected chi connectivity index (χ0v) is 16.0. The van der Waals surface area contributed by atoms with Gasteiger partial charge in [-0.25, -0.2) is 5.43 Å². The Balaban J connectivity index is 1.51. The van der Waals surface area contributed by atoms with Crippen LogP contribution in [0.15, 0.2) is 47.8 Å². The second kappa shape index (κ2) is 8.97. The van der Waals surface area contributed by atoms with Crippen molar-refractivity contribution in [2.45, 2.75) is 12.8 Å². The first-order valence-corrected chi connectivity index (χ1v) is 9.27. The van der Waals surface area contributed by atoms with Gasteiger partial charge in [0.2, 0.25) is 5.91 Å². The van der Waals surface area contributed by atoms with Crippen molar-refractivity contribution < 1.29 is 9.59 Å². The topological polar surface area (TPSA) is 74.7 Å². The Hall–Kier alpha value is -2.44. The van der Waals surface area contributed by atoms with Crippen LogP contribution in [-0.2, 0) is 4.79 Å². The van der Waals surface area contributed by atoms with Crippen molar-refractivity contribution in [3.05, 3.63) is 63.9 Å². The maximum absolute atomic E-state index is 12.6. The summed E-state index contributed by atoms with van der Waals surface area (Å²) in [5, 5.41) is 4.78. The fraction of sp³-hybridized carbons (Fsp3) is 0.263. The SMILES string of the molecule is O=C(N/N=C\c1cccnc1)C1CCN(C(=O)c2ccc(Cl)cc2Cl)CC1. The van der Waals surface area contributed by atoms with E-state index in [4.69, 9.17) is 23.2 Å². The van der Waals surface area contributed by atoms with E-state index in [0.717, 1.165) is 5.56 Å². The van der Waals surface area contributed by atoms with Gasteiger partial charge in [-0.15, -0.1) is 0 Å². The molecule has 1 aromatic carbocycles. The molecule has 2 aromatic rings. The van der Waals surface area contributed by atoms with Gasteiger partial charge in [-0.05, 0) is 37.1 Å². The predicted octanol–water partition coefficient (Wildman–Crippen LogP) is 3.39. The monoisotopic (exact) mass is 404 g/mol. The molecule has 2 amide bonds. The van der Waals surface area contributed by atoms with E-state index < -0.39 is 0 Å².